The fraction of sp³-hybridized carbons (Fsp3) is 0.708. The van der Waals surface area contributed by atoms with Gasteiger partial charge in [0.25, 0.3) is 0 Å². The Balaban J connectivity index is 1.28. The van der Waals surface area contributed by atoms with Crippen LogP contribution in [0.5, 0.6) is 0 Å². The number of carbonyl (C=O) groups excluding carboxylic acids is 1. The molecule has 8 heteroatoms. The fourth-order valence-corrected chi connectivity index (χ4v) is 6.79. The van der Waals surface area contributed by atoms with Crippen LogP contribution in [0.15, 0.2) is 23.1 Å². The Morgan fingerprint density at radius 1 is 1.03 bits per heavy atom. The summed E-state index contributed by atoms with van der Waals surface area (Å²) in [5.41, 5.74) is 2.44. The first-order chi connectivity index (χ1) is 15.3. The van der Waals surface area contributed by atoms with E-state index < -0.39 is 10.0 Å². The summed E-state index contributed by atoms with van der Waals surface area (Å²) in [7, 11) is -1.46. The van der Waals surface area contributed by atoms with Gasteiger partial charge in [0.2, 0.25) is 15.9 Å². The van der Waals surface area contributed by atoms with Crippen molar-refractivity contribution in [2.75, 3.05) is 52.9 Å². The van der Waals surface area contributed by atoms with Crippen LogP contribution in [0.1, 0.15) is 44.2 Å². The molecule has 2 heterocycles. The van der Waals surface area contributed by atoms with Crippen LogP contribution in [-0.2, 0) is 27.7 Å². The highest BCUT2D eigenvalue weighted by molar-refractivity contribution is 7.89. The third kappa shape index (κ3) is 5.03. The summed E-state index contributed by atoms with van der Waals surface area (Å²) in [6, 6.07) is 6.59. The number of piperazine rings is 1. The zero-order valence-electron chi connectivity index (χ0n) is 19.8. The Morgan fingerprint density at radius 2 is 1.69 bits per heavy atom. The molecule has 7 nitrogen and oxygen atoms in total. The van der Waals surface area contributed by atoms with E-state index in [1.807, 2.05) is 24.1 Å². The molecule has 1 aromatic carbocycles. The molecule has 0 atom stereocenters. The maximum Gasteiger partial charge on any atom is 0.243 e. The largest absolute Gasteiger partial charge is 0.339 e. The summed E-state index contributed by atoms with van der Waals surface area (Å²) in [4.78, 5) is 19.8. The lowest BCUT2D eigenvalue weighted by Crippen LogP contribution is -2.53. The number of benzene rings is 1. The lowest BCUT2D eigenvalue weighted by atomic mass is 10.0. The molecular weight excluding hydrogens is 424 g/mol. The summed E-state index contributed by atoms with van der Waals surface area (Å²) >= 11 is 0. The van der Waals surface area contributed by atoms with Gasteiger partial charge in [0.05, 0.1) is 11.4 Å². The van der Waals surface area contributed by atoms with Crippen molar-refractivity contribution in [2.45, 2.75) is 62.9 Å². The number of hydrogen-bond donors (Lipinski definition) is 0. The van der Waals surface area contributed by atoms with Crippen LogP contribution in [0, 0.1) is 0 Å². The number of likely N-dealkylation sites (N-methyl/N-ethyl adjacent to an activating group) is 1. The van der Waals surface area contributed by atoms with E-state index in [9.17, 15) is 13.2 Å². The number of sulfonamides is 1. The Kier molecular flexibility index (Phi) is 7.24. The molecule has 32 heavy (non-hydrogen) atoms. The van der Waals surface area contributed by atoms with Crippen molar-refractivity contribution in [2.24, 2.45) is 0 Å². The van der Waals surface area contributed by atoms with Crippen molar-refractivity contribution in [3.8, 4) is 0 Å². The highest BCUT2D eigenvalue weighted by Gasteiger charge is 2.32. The molecule has 0 saturated carbocycles. The van der Waals surface area contributed by atoms with Crippen LogP contribution in [0.2, 0.25) is 0 Å². The van der Waals surface area contributed by atoms with Gasteiger partial charge in [0.15, 0.2) is 0 Å². The smallest absolute Gasteiger partial charge is 0.243 e. The standard InChI is InChI=1S/C24H38N4O3S/c1-19(2)26-11-9-22(10-12-26)25(3)18-24(29)27-13-15-28(16-14-27)32(30,31)23-8-7-20-5-4-6-21(20)17-23/h7-8,17,19,22H,4-6,9-16,18H2,1-3H3. The van der Waals surface area contributed by atoms with Crippen LogP contribution in [-0.4, -0.2) is 98.3 Å². The summed E-state index contributed by atoms with van der Waals surface area (Å²) in [5, 5.41) is 0. The highest BCUT2D eigenvalue weighted by atomic mass is 32.2. The third-order valence-electron chi connectivity index (χ3n) is 7.54. The van der Waals surface area contributed by atoms with E-state index in [1.54, 1.807) is 10.4 Å². The number of fused-ring (bicyclic) bond motifs is 1. The topological polar surface area (TPSA) is 64.2 Å². The van der Waals surface area contributed by atoms with E-state index >= 15 is 0 Å². The lowest BCUT2D eigenvalue weighted by Gasteiger charge is -2.39. The molecule has 3 aliphatic rings. The second-order valence-corrected chi connectivity index (χ2v) is 11.8. The third-order valence-corrected chi connectivity index (χ3v) is 9.43. The molecule has 0 unspecified atom stereocenters. The minimum atomic E-state index is -3.50. The summed E-state index contributed by atoms with van der Waals surface area (Å²) in [5.74, 6) is 0.105. The van der Waals surface area contributed by atoms with Gasteiger partial charge >= 0.3 is 0 Å². The highest BCUT2D eigenvalue weighted by Crippen LogP contribution is 2.27. The van der Waals surface area contributed by atoms with Gasteiger partial charge in [-0.1, -0.05) is 6.07 Å². The van der Waals surface area contributed by atoms with Crippen molar-refractivity contribution in [3.05, 3.63) is 29.3 Å². The van der Waals surface area contributed by atoms with Crippen molar-refractivity contribution in [1.82, 2.24) is 19.0 Å². The van der Waals surface area contributed by atoms with E-state index in [2.05, 4.69) is 23.6 Å². The van der Waals surface area contributed by atoms with Crippen molar-refractivity contribution >= 4 is 15.9 Å². The van der Waals surface area contributed by atoms with Crippen LogP contribution in [0.25, 0.3) is 0 Å². The molecule has 2 saturated heterocycles. The first-order valence-electron chi connectivity index (χ1n) is 12.1. The maximum absolute atomic E-state index is 13.1. The van der Waals surface area contributed by atoms with Gasteiger partial charge in [-0.05, 0) is 89.3 Å². The second kappa shape index (κ2) is 9.79. The molecule has 0 N–H and O–H groups in total. The zero-order chi connectivity index (χ0) is 22.9. The summed E-state index contributed by atoms with van der Waals surface area (Å²) < 4.78 is 27.8. The van der Waals surface area contributed by atoms with Crippen LogP contribution in [0.3, 0.4) is 0 Å². The number of nitrogens with zero attached hydrogens (tertiary/aromatic N) is 4. The van der Waals surface area contributed by atoms with E-state index in [0.717, 1.165) is 45.2 Å². The zero-order valence-corrected chi connectivity index (χ0v) is 20.6. The molecule has 178 valence electrons. The molecule has 2 aliphatic heterocycles. The van der Waals surface area contributed by atoms with E-state index in [4.69, 9.17) is 0 Å². The van der Waals surface area contributed by atoms with Gasteiger partial charge in [-0.15, -0.1) is 0 Å². The van der Waals surface area contributed by atoms with Crippen LogP contribution < -0.4 is 0 Å². The molecule has 0 aromatic heterocycles. The molecule has 0 radical (unpaired) electrons. The van der Waals surface area contributed by atoms with Crippen molar-refractivity contribution < 1.29 is 13.2 Å². The number of likely N-dealkylation sites (tertiary alicyclic amines) is 1. The van der Waals surface area contributed by atoms with Gasteiger partial charge in [-0.2, -0.15) is 4.31 Å². The van der Waals surface area contributed by atoms with Crippen LogP contribution in [0.4, 0.5) is 0 Å². The maximum atomic E-state index is 13.1. The molecule has 2 fully saturated rings. The van der Waals surface area contributed by atoms with E-state index in [0.29, 0.717) is 49.7 Å². The number of piperidine rings is 1. The first kappa shape index (κ1) is 23.7. The van der Waals surface area contributed by atoms with E-state index in [-0.39, 0.29) is 5.91 Å². The Labute approximate surface area is 193 Å². The van der Waals surface area contributed by atoms with Crippen LogP contribution >= 0.6 is 0 Å². The molecule has 0 spiro atoms. The minimum Gasteiger partial charge on any atom is -0.339 e. The Bertz CT molecular complexity index is 917. The average Bonchev–Trinajstić information content (AvgIpc) is 3.27. The van der Waals surface area contributed by atoms with Gasteiger partial charge in [0, 0.05) is 38.3 Å². The molecular formula is C24H38N4O3S. The number of carbonyl (C=O) groups is 1. The molecule has 0 bridgehead atoms. The number of aryl methyl sites for hydroxylation is 2. The van der Waals surface area contributed by atoms with Crippen molar-refractivity contribution in [3.63, 3.8) is 0 Å². The van der Waals surface area contributed by atoms with Gasteiger partial charge in [0.1, 0.15) is 0 Å². The Hall–Kier alpha value is -1.48. The molecule has 4 rings (SSSR count). The lowest BCUT2D eigenvalue weighted by molar-refractivity contribution is -0.134. The second-order valence-electron chi connectivity index (χ2n) is 9.84. The van der Waals surface area contributed by atoms with Gasteiger partial charge < -0.3 is 9.80 Å². The molecule has 1 amide bonds. The first-order valence-corrected chi connectivity index (χ1v) is 13.5. The monoisotopic (exact) mass is 462 g/mol. The fourth-order valence-electron chi connectivity index (χ4n) is 5.32. The minimum absolute atomic E-state index is 0.105. The predicted molar refractivity (Wildman–Crippen MR) is 126 cm³/mol. The quantitative estimate of drug-likeness (QED) is 0.645. The summed E-state index contributed by atoms with van der Waals surface area (Å²) in [6.07, 6.45) is 5.29. The Morgan fingerprint density at radius 3 is 2.34 bits per heavy atom. The summed E-state index contributed by atoms with van der Waals surface area (Å²) in [6.45, 7) is 8.69. The van der Waals surface area contributed by atoms with Crippen molar-refractivity contribution in [1.29, 1.82) is 0 Å². The SMILES string of the molecule is CC(C)N1CCC(N(C)CC(=O)N2CCN(S(=O)(=O)c3ccc4c(c3)CCC4)CC2)CC1. The van der Waals surface area contributed by atoms with Gasteiger partial charge in [-0.25, -0.2) is 8.42 Å². The number of hydrogen-bond acceptors (Lipinski definition) is 5. The van der Waals surface area contributed by atoms with Gasteiger partial charge in [-0.3, -0.25) is 9.69 Å². The number of rotatable bonds is 6. The predicted octanol–water partition coefficient (Wildman–Crippen LogP) is 1.81. The van der Waals surface area contributed by atoms with E-state index in [1.165, 1.54) is 11.1 Å². The average molecular weight is 463 g/mol. The normalized spacial score (nSPS) is 21.5. The number of amides is 1. The molecule has 1 aliphatic carbocycles. The molecule has 1 aromatic rings.